The van der Waals surface area contributed by atoms with Gasteiger partial charge in [-0.1, -0.05) is 84.9 Å². The lowest BCUT2D eigenvalue weighted by molar-refractivity contribution is -0.139. The minimum Gasteiger partial charge on any atom is -0.492 e. The summed E-state index contributed by atoms with van der Waals surface area (Å²) < 4.78 is 93.8. The highest BCUT2D eigenvalue weighted by Crippen LogP contribution is 2.38. The second-order valence-corrected chi connectivity index (χ2v) is 17.1. The zero-order valence-electron chi connectivity index (χ0n) is 38.5. The number of nitrogens with one attached hydrogen (secondary N) is 2. The number of piperidine rings is 2. The molecule has 2 amide bonds. The summed E-state index contributed by atoms with van der Waals surface area (Å²) in [5, 5.41) is 5.73. The number of nitrogens with zero attached hydrogens (tertiary/aromatic N) is 4. The van der Waals surface area contributed by atoms with E-state index in [0.717, 1.165) is 62.9 Å². The third-order valence-corrected chi connectivity index (χ3v) is 12.5. The Morgan fingerprint density at radius 3 is 1.19 bits per heavy atom. The van der Waals surface area contributed by atoms with Crippen molar-refractivity contribution in [1.29, 1.82) is 0 Å². The predicted molar refractivity (Wildman–Crippen MR) is 254 cm³/mol. The second kappa shape index (κ2) is 24.7. The van der Waals surface area contributed by atoms with E-state index in [2.05, 4.69) is 30.4 Å². The van der Waals surface area contributed by atoms with Gasteiger partial charge in [0.2, 0.25) is 11.8 Å². The number of amides is 2. The Bertz CT molecular complexity index is 2350. The normalized spacial score (nSPS) is 16.0. The molecular weight excluding hydrogens is 911 g/mol. The monoisotopic (exact) mass is 966 g/mol. The van der Waals surface area contributed by atoms with E-state index in [4.69, 9.17) is 9.47 Å². The number of aromatic nitrogens is 2. The second-order valence-electron chi connectivity index (χ2n) is 17.1. The molecule has 368 valence electrons. The summed E-state index contributed by atoms with van der Waals surface area (Å²) in [6, 6.07) is 37.9. The number of likely N-dealkylation sites (tertiary alicyclic amines) is 2. The molecule has 0 aliphatic carbocycles. The van der Waals surface area contributed by atoms with Crippen LogP contribution in [0.4, 0.5) is 26.3 Å². The Kier molecular flexibility index (Phi) is 18.0. The molecule has 2 unspecified atom stereocenters. The van der Waals surface area contributed by atoms with Crippen molar-refractivity contribution in [3.63, 3.8) is 0 Å². The molecule has 4 heterocycles. The molecule has 2 atom stereocenters. The Hall–Kier alpha value is -6.78. The van der Waals surface area contributed by atoms with Crippen molar-refractivity contribution < 1.29 is 45.4 Å². The summed E-state index contributed by atoms with van der Waals surface area (Å²) in [7, 11) is 0. The van der Waals surface area contributed by atoms with E-state index < -0.39 is 35.6 Å². The molecule has 16 heteroatoms. The van der Waals surface area contributed by atoms with Crippen molar-refractivity contribution in [2.75, 3.05) is 52.5 Å². The Labute approximate surface area is 404 Å². The van der Waals surface area contributed by atoms with Crippen LogP contribution in [0.3, 0.4) is 0 Å². The number of hydrogen-bond donors (Lipinski definition) is 2. The van der Waals surface area contributed by atoms with Gasteiger partial charge in [-0.25, -0.2) is 0 Å². The van der Waals surface area contributed by atoms with E-state index in [0.29, 0.717) is 50.3 Å². The fourth-order valence-electron chi connectivity index (χ4n) is 8.71. The molecular formula is C54H56F6N6O4. The van der Waals surface area contributed by atoms with Crippen molar-refractivity contribution >= 4 is 11.8 Å². The van der Waals surface area contributed by atoms with Gasteiger partial charge in [0.05, 0.1) is 34.6 Å². The van der Waals surface area contributed by atoms with Crippen LogP contribution in [-0.4, -0.2) is 84.1 Å². The summed E-state index contributed by atoms with van der Waals surface area (Å²) >= 11 is 0. The van der Waals surface area contributed by atoms with Crippen LogP contribution in [0, 0.1) is 11.8 Å². The number of rotatable bonds is 16. The number of halogens is 6. The number of pyridine rings is 2. The first-order valence-electron chi connectivity index (χ1n) is 23.4. The highest BCUT2D eigenvalue weighted by molar-refractivity contribution is 5.80. The number of carbonyl (C=O) groups excluding carboxylic acids is 2. The lowest BCUT2D eigenvalue weighted by Crippen LogP contribution is -2.43. The Balaban J connectivity index is 0.000000206. The standard InChI is InChI=1S/2C27H28F3N3O2/c2*28-27(29,30)23-11-5-4-10-22(23)25(24-12-6-7-15-31-24)32-26(34)20-13-16-33(17-14-20)18-19-35-21-8-2-1-3-9-21/h2*1-12,15,20,25H,13-14,16-19H2,(H,32,34). The van der Waals surface area contributed by atoms with Gasteiger partial charge in [0.25, 0.3) is 0 Å². The first kappa shape index (κ1) is 51.1. The predicted octanol–water partition coefficient (Wildman–Crippen LogP) is 10.2. The molecule has 0 bridgehead atoms. The van der Waals surface area contributed by atoms with Gasteiger partial charge in [-0.3, -0.25) is 29.4 Å². The molecule has 8 rings (SSSR count). The number of alkyl halides is 6. The maximum absolute atomic E-state index is 13.7. The summed E-state index contributed by atoms with van der Waals surface area (Å²) in [5.74, 6) is 0.592. The average molecular weight is 967 g/mol. The number of benzene rings is 4. The molecule has 2 aromatic heterocycles. The maximum atomic E-state index is 13.7. The van der Waals surface area contributed by atoms with E-state index in [1.54, 1.807) is 48.5 Å². The highest BCUT2D eigenvalue weighted by atomic mass is 19.4. The molecule has 2 saturated heterocycles. The average Bonchev–Trinajstić information content (AvgIpc) is 3.38. The quantitative estimate of drug-likeness (QED) is 0.0924. The summed E-state index contributed by atoms with van der Waals surface area (Å²) in [4.78, 5) is 39.3. The molecule has 0 saturated carbocycles. The van der Waals surface area contributed by atoms with Crippen LogP contribution < -0.4 is 20.1 Å². The Morgan fingerprint density at radius 1 is 0.500 bits per heavy atom. The van der Waals surface area contributed by atoms with E-state index in [-0.39, 0.29) is 34.8 Å². The molecule has 4 aromatic carbocycles. The molecule has 2 N–H and O–H groups in total. The Morgan fingerprint density at radius 2 is 0.843 bits per heavy atom. The van der Waals surface area contributed by atoms with Gasteiger partial charge in [-0.05, 0) is 124 Å². The van der Waals surface area contributed by atoms with Crippen molar-refractivity contribution in [2.45, 2.75) is 50.1 Å². The maximum Gasteiger partial charge on any atom is 0.416 e. The number of para-hydroxylation sites is 2. The van der Waals surface area contributed by atoms with Crippen molar-refractivity contribution in [1.82, 2.24) is 30.4 Å². The molecule has 10 nitrogen and oxygen atoms in total. The minimum atomic E-state index is -4.54. The molecule has 2 aliphatic rings. The minimum absolute atomic E-state index is 0.0115. The molecule has 2 aliphatic heterocycles. The zero-order valence-corrected chi connectivity index (χ0v) is 38.5. The van der Waals surface area contributed by atoms with Crippen molar-refractivity contribution in [3.8, 4) is 11.5 Å². The molecule has 0 spiro atoms. The molecule has 2 fully saturated rings. The van der Waals surface area contributed by atoms with Crippen molar-refractivity contribution in [3.05, 3.63) is 192 Å². The number of ether oxygens (including phenoxy) is 2. The van der Waals surface area contributed by atoms with E-state index in [1.165, 1.54) is 36.7 Å². The third-order valence-electron chi connectivity index (χ3n) is 12.5. The topological polar surface area (TPSA) is 109 Å². The lowest BCUT2D eigenvalue weighted by Gasteiger charge is -2.32. The van der Waals surface area contributed by atoms with Crippen LogP contribution in [0.2, 0.25) is 0 Å². The fraction of sp³-hybridized carbons (Fsp3) is 0.333. The summed E-state index contributed by atoms with van der Waals surface area (Å²) in [5.41, 5.74) is -0.834. The highest BCUT2D eigenvalue weighted by Gasteiger charge is 2.38. The van der Waals surface area contributed by atoms with Crippen LogP contribution in [0.15, 0.2) is 158 Å². The van der Waals surface area contributed by atoms with Crippen LogP contribution >= 0.6 is 0 Å². The van der Waals surface area contributed by atoms with Gasteiger partial charge in [0, 0.05) is 37.3 Å². The number of carbonyl (C=O) groups is 2. The largest absolute Gasteiger partial charge is 0.492 e. The summed E-state index contributed by atoms with van der Waals surface area (Å²) in [6.45, 7) is 5.51. The van der Waals surface area contributed by atoms with Crippen LogP contribution in [0.25, 0.3) is 0 Å². The fourth-order valence-corrected chi connectivity index (χ4v) is 8.71. The molecule has 70 heavy (non-hydrogen) atoms. The zero-order chi connectivity index (χ0) is 49.4. The SMILES string of the molecule is O=C(NC(c1ccccn1)c1ccccc1C(F)(F)F)C1CCN(CCOc2ccccc2)CC1.O=C(NC(c1ccccn1)c1ccccc1C(F)(F)F)C1CCN(CCOc2ccccc2)CC1. The van der Waals surface area contributed by atoms with Crippen LogP contribution in [0.1, 0.15) is 71.4 Å². The smallest absolute Gasteiger partial charge is 0.416 e. The van der Waals surface area contributed by atoms with Crippen molar-refractivity contribution in [2.24, 2.45) is 11.8 Å². The number of hydrogen-bond acceptors (Lipinski definition) is 8. The first-order valence-corrected chi connectivity index (χ1v) is 23.4. The molecule has 6 aromatic rings. The van der Waals surface area contributed by atoms with Gasteiger partial charge >= 0.3 is 12.4 Å². The van der Waals surface area contributed by atoms with E-state index >= 15 is 0 Å². The van der Waals surface area contributed by atoms with Gasteiger partial charge in [-0.15, -0.1) is 0 Å². The van der Waals surface area contributed by atoms with E-state index in [1.807, 2.05) is 60.7 Å². The van der Waals surface area contributed by atoms with Crippen LogP contribution in [0.5, 0.6) is 11.5 Å². The van der Waals surface area contributed by atoms with E-state index in [9.17, 15) is 35.9 Å². The van der Waals surface area contributed by atoms with Crippen LogP contribution in [-0.2, 0) is 21.9 Å². The van der Waals surface area contributed by atoms with Gasteiger partial charge < -0.3 is 20.1 Å². The summed E-state index contributed by atoms with van der Waals surface area (Å²) in [6.07, 6.45) is -3.52. The molecule has 0 radical (unpaired) electrons. The first-order chi connectivity index (χ1) is 33.8. The lowest BCUT2D eigenvalue weighted by atomic mass is 9.93. The third kappa shape index (κ3) is 14.6. The van der Waals surface area contributed by atoms with Gasteiger partial charge in [-0.2, -0.15) is 26.3 Å². The van der Waals surface area contributed by atoms with Gasteiger partial charge in [0.1, 0.15) is 24.7 Å². The van der Waals surface area contributed by atoms with Gasteiger partial charge in [0.15, 0.2) is 0 Å².